The van der Waals surface area contributed by atoms with Crippen LogP contribution in [0.1, 0.15) is 29.5 Å². The Morgan fingerprint density at radius 1 is 0.875 bits per heavy atom. The maximum atomic E-state index is 13.1. The highest BCUT2D eigenvalue weighted by molar-refractivity contribution is 5.74. The fraction of sp³-hybridized carbons (Fsp3) is 0.296. The highest BCUT2D eigenvalue weighted by atomic mass is 19.1. The Bertz CT molecular complexity index is 1010. The number of urea groups is 1. The van der Waals surface area contributed by atoms with Crippen LogP contribution in [0.25, 0.3) is 11.1 Å². The molecule has 0 aromatic heterocycles. The number of piperidine rings is 1. The van der Waals surface area contributed by atoms with E-state index < -0.39 is 0 Å². The molecule has 5 heteroatoms. The monoisotopic (exact) mass is 431 g/mol. The minimum Gasteiger partial charge on any atom is -0.335 e. The molecule has 1 aliphatic rings. The average Bonchev–Trinajstić information content (AvgIpc) is 2.81. The number of aryl methyl sites for hydroxylation is 1. The van der Waals surface area contributed by atoms with Crippen LogP contribution >= 0.6 is 0 Å². The standard InChI is InChI=1S/C27H30FN3O/c1-20-2-4-22(5-3-20)19-31-16-14-26(15-17-31)30-27(32)29-18-21-6-8-23(9-7-21)24-10-12-25(28)13-11-24/h2-13,26H,14-19H2,1H3,(H2,29,30,32). The van der Waals surface area contributed by atoms with Gasteiger partial charge in [-0.3, -0.25) is 4.90 Å². The molecule has 2 N–H and O–H groups in total. The fourth-order valence-electron chi connectivity index (χ4n) is 4.06. The zero-order valence-corrected chi connectivity index (χ0v) is 18.5. The Balaban J connectivity index is 1.18. The van der Waals surface area contributed by atoms with Crippen molar-refractivity contribution in [3.05, 3.63) is 95.3 Å². The second-order valence-electron chi connectivity index (χ2n) is 8.57. The van der Waals surface area contributed by atoms with E-state index in [0.717, 1.165) is 49.2 Å². The molecule has 0 bridgehead atoms. The summed E-state index contributed by atoms with van der Waals surface area (Å²) in [4.78, 5) is 14.8. The number of likely N-dealkylation sites (tertiary alicyclic amines) is 1. The fourth-order valence-corrected chi connectivity index (χ4v) is 4.06. The van der Waals surface area contributed by atoms with Crippen molar-refractivity contribution in [3.63, 3.8) is 0 Å². The highest BCUT2D eigenvalue weighted by Gasteiger charge is 2.20. The lowest BCUT2D eigenvalue weighted by atomic mass is 10.0. The summed E-state index contributed by atoms with van der Waals surface area (Å²) < 4.78 is 13.1. The number of amides is 2. The van der Waals surface area contributed by atoms with Crippen LogP contribution in [0.3, 0.4) is 0 Å². The van der Waals surface area contributed by atoms with Crippen LogP contribution in [0.5, 0.6) is 0 Å². The molecule has 0 radical (unpaired) electrons. The van der Waals surface area contributed by atoms with Gasteiger partial charge < -0.3 is 10.6 Å². The van der Waals surface area contributed by atoms with Crippen LogP contribution in [0.15, 0.2) is 72.8 Å². The molecule has 3 aromatic carbocycles. The van der Waals surface area contributed by atoms with Crippen LogP contribution in [0.2, 0.25) is 0 Å². The molecule has 0 aliphatic carbocycles. The molecular formula is C27H30FN3O. The van der Waals surface area contributed by atoms with Gasteiger partial charge in [-0.05, 0) is 54.2 Å². The lowest BCUT2D eigenvalue weighted by molar-refractivity contribution is 0.186. The minimum absolute atomic E-state index is 0.121. The second-order valence-corrected chi connectivity index (χ2v) is 8.57. The third-order valence-corrected chi connectivity index (χ3v) is 6.03. The van der Waals surface area contributed by atoms with Gasteiger partial charge in [-0.1, -0.05) is 66.2 Å². The smallest absolute Gasteiger partial charge is 0.315 e. The van der Waals surface area contributed by atoms with Crippen molar-refractivity contribution in [2.45, 2.75) is 38.9 Å². The SMILES string of the molecule is Cc1ccc(CN2CCC(NC(=O)NCc3ccc(-c4ccc(F)cc4)cc3)CC2)cc1. The molecule has 2 amide bonds. The molecule has 32 heavy (non-hydrogen) atoms. The summed E-state index contributed by atoms with van der Waals surface area (Å²) in [5.74, 6) is -0.238. The molecule has 1 fully saturated rings. The zero-order chi connectivity index (χ0) is 22.3. The van der Waals surface area contributed by atoms with Gasteiger partial charge in [0.2, 0.25) is 0 Å². The molecule has 1 aliphatic heterocycles. The van der Waals surface area contributed by atoms with Crippen LogP contribution in [-0.2, 0) is 13.1 Å². The first-order valence-electron chi connectivity index (χ1n) is 11.2. The van der Waals surface area contributed by atoms with Gasteiger partial charge in [0.25, 0.3) is 0 Å². The Labute approximate surface area is 189 Å². The number of carbonyl (C=O) groups excluding carboxylic acids is 1. The minimum atomic E-state index is -0.238. The largest absolute Gasteiger partial charge is 0.335 e. The Morgan fingerprint density at radius 2 is 1.44 bits per heavy atom. The second kappa shape index (κ2) is 10.4. The summed E-state index contributed by atoms with van der Waals surface area (Å²) in [5.41, 5.74) is 5.64. The van der Waals surface area contributed by atoms with Gasteiger partial charge in [0, 0.05) is 32.2 Å². The van der Waals surface area contributed by atoms with Gasteiger partial charge in [-0.25, -0.2) is 9.18 Å². The summed E-state index contributed by atoms with van der Waals surface area (Å²) in [6.07, 6.45) is 1.93. The molecule has 166 valence electrons. The van der Waals surface area contributed by atoms with Crippen LogP contribution < -0.4 is 10.6 Å². The maximum absolute atomic E-state index is 13.1. The Hall–Kier alpha value is -3.18. The van der Waals surface area contributed by atoms with Gasteiger partial charge in [-0.2, -0.15) is 0 Å². The third-order valence-electron chi connectivity index (χ3n) is 6.03. The highest BCUT2D eigenvalue weighted by Crippen LogP contribution is 2.20. The van der Waals surface area contributed by atoms with Gasteiger partial charge in [0.05, 0.1) is 0 Å². The van der Waals surface area contributed by atoms with Crippen molar-refractivity contribution in [2.75, 3.05) is 13.1 Å². The average molecular weight is 432 g/mol. The van der Waals surface area contributed by atoms with Crippen LogP contribution in [0.4, 0.5) is 9.18 Å². The molecule has 1 heterocycles. The molecule has 0 atom stereocenters. The van der Waals surface area contributed by atoms with Crippen molar-refractivity contribution in [1.29, 1.82) is 0 Å². The number of nitrogens with zero attached hydrogens (tertiary/aromatic N) is 1. The lowest BCUT2D eigenvalue weighted by Crippen LogP contribution is -2.47. The first-order chi connectivity index (χ1) is 15.5. The summed E-state index contributed by atoms with van der Waals surface area (Å²) in [6, 6.07) is 23.2. The van der Waals surface area contributed by atoms with Gasteiger partial charge in [0.1, 0.15) is 5.82 Å². The summed E-state index contributed by atoms with van der Waals surface area (Å²) in [6.45, 7) is 5.53. The molecular weight excluding hydrogens is 401 g/mol. The molecule has 0 unspecified atom stereocenters. The Kier molecular flexibility index (Phi) is 7.17. The molecule has 4 nitrogen and oxygen atoms in total. The topological polar surface area (TPSA) is 44.4 Å². The van der Waals surface area contributed by atoms with Crippen molar-refractivity contribution >= 4 is 6.03 Å². The number of halogens is 1. The number of nitrogens with one attached hydrogen (secondary N) is 2. The summed E-state index contributed by atoms with van der Waals surface area (Å²) in [5, 5.41) is 6.07. The van der Waals surface area contributed by atoms with E-state index in [2.05, 4.69) is 46.7 Å². The number of hydrogen-bond donors (Lipinski definition) is 2. The first-order valence-corrected chi connectivity index (χ1v) is 11.2. The normalized spacial score (nSPS) is 14.8. The van der Waals surface area contributed by atoms with Crippen LogP contribution in [-0.4, -0.2) is 30.1 Å². The van der Waals surface area contributed by atoms with E-state index in [-0.39, 0.29) is 17.9 Å². The third kappa shape index (κ3) is 6.17. The van der Waals surface area contributed by atoms with E-state index in [9.17, 15) is 9.18 Å². The van der Waals surface area contributed by atoms with Crippen molar-refractivity contribution < 1.29 is 9.18 Å². The van der Waals surface area contributed by atoms with E-state index in [1.54, 1.807) is 12.1 Å². The van der Waals surface area contributed by atoms with Crippen molar-refractivity contribution in [2.24, 2.45) is 0 Å². The van der Waals surface area contributed by atoms with Gasteiger partial charge in [0.15, 0.2) is 0 Å². The molecule has 0 saturated carbocycles. The van der Waals surface area contributed by atoms with Gasteiger partial charge >= 0.3 is 6.03 Å². The number of benzene rings is 3. The summed E-state index contributed by atoms with van der Waals surface area (Å²) >= 11 is 0. The molecule has 1 saturated heterocycles. The molecule has 3 aromatic rings. The van der Waals surface area contributed by atoms with E-state index in [4.69, 9.17) is 0 Å². The van der Waals surface area contributed by atoms with Crippen molar-refractivity contribution in [1.82, 2.24) is 15.5 Å². The maximum Gasteiger partial charge on any atom is 0.315 e. The van der Waals surface area contributed by atoms with Crippen molar-refractivity contribution in [3.8, 4) is 11.1 Å². The van der Waals surface area contributed by atoms with E-state index in [0.29, 0.717) is 6.54 Å². The van der Waals surface area contributed by atoms with Crippen LogP contribution in [0, 0.1) is 12.7 Å². The zero-order valence-electron chi connectivity index (χ0n) is 18.5. The predicted octanol–water partition coefficient (Wildman–Crippen LogP) is 5.26. The number of rotatable bonds is 6. The quantitative estimate of drug-likeness (QED) is 0.559. The van der Waals surface area contributed by atoms with Gasteiger partial charge in [-0.15, -0.1) is 0 Å². The van der Waals surface area contributed by atoms with E-state index >= 15 is 0 Å². The van der Waals surface area contributed by atoms with E-state index in [1.807, 2.05) is 24.3 Å². The molecule has 4 rings (SSSR count). The number of hydrogen-bond acceptors (Lipinski definition) is 2. The first kappa shape index (κ1) is 22.0. The Morgan fingerprint density at radius 3 is 2.06 bits per heavy atom. The lowest BCUT2D eigenvalue weighted by Gasteiger charge is -2.32. The predicted molar refractivity (Wildman–Crippen MR) is 127 cm³/mol. The number of carbonyl (C=O) groups is 1. The molecule has 0 spiro atoms. The summed E-state index contributed by atoms with van der Waals surface area (Å²) in [7, 11) is 0. The van der Waals surface area contributed by atoms with E-state index in [1.165, 1.54) is 23.3 Å².